The molecule has 0 saturated heterocycles. The van der Waals surface area contributed by atoms with Crippen molar-refractivity contribution in [1.82, 2.24) is 5.32 Å². The fraction of sp³-hybridized carbons (Fsp3) is 0.300. The summed E-state index contributed by atoms with van der Waals surface area (Å²) >= 11 is 2.99. The molecule has 1 saturated carbocycles. The lowest BCUT2D eigenvalue weighted by Gasteiger charge is -2.20. The van der Waals surface area contributed by atoms with Crippen molar-refractivity contribution >= 4 is 61.1 Å². The zero-order valence-corrected chi connectivity index (χ0v) is 13.8. The van der Waals surface area contributed by atoms with E-state index in [4.69, 9.17) is 0 Å². The van der Waals surface area contributed by atoms with E-state index in [1.165, 1.54) is 0 Å². The Labute approximate surface area is 130 Å². The highest BCUT2D eigenvalue weighted by atomic mass is 79.9. The molecule has 1 amide bonds. The van der Waals surface area contributed by atoms with Crippen LogP contribution in [0.2, 0.25) is 10.4 Å². The molecule has 1 fully saturated rings. The van der Waals surface area contributed by atoms with Gasteiger partial charge in [-0.05, 0) is 17.6 Å². The highest BCUT2D eigenvalue weighted by Crippen LogP contribution is 2.74. The van der Waals surface area contributed by atoms with Gasteiger partial charge in [-0.15, -0.1) is 0 Å². The summed E-state index contributed by atoms with van der Waals surface area (Å²) in [5.74, 6) is -2.45. The van der Waals surface area contributed by atoms with Crippen molar-refractivity contribution in [2.75, 3.05) is 0 Å². The predicted molar refractivity (Wildman–Crippen MR) is 92.4 cm³/mol. The second-order valence-corrected chi connectivity index (χ2v) is 7.49. The maximum atomic E-state index is 13.8. The van der Waals surface area contributed by atoms with E-state index >= 15 is 0 Å². The van der Waals surface area contributed by atoms with Gasteiger partial charge in [0.15, 0.2) is 0 Å². The first-order valence-corrected chi connectivity index (χ1v) is 7.22. The van der Waals surface area contributed by atoms with E-state index in [0.29, 0.717) is 0 Å². The normalized spacial score (nSPS) is 21.1. The van der Waals surface area contributed by atoms with Crippen molar-refractivity contribution in [1.29, 1.82) is 0 Å². The largest absolute Gasteiger partial charge is 0.356 e. The molecule has 0 spiro atoms. The molecule has 1 N–H and O–H groups in total. The molecular weight excluding hydrogens is 322 g/mol. The van der Waals surface area contributed by atoms with Crippen molar-refractivity contribution < 1.29 is 13.6 Å². The lowest BCUT2D eigenvalue weighted by Crippen LogP contribution is -2.43. The molecule has 1 aromatic carbocycles. The third-order valence-corrected chi connectivity index (χ3v) is 6.06. The Morgan fingerprint density at radius 2 is 1.45 bits per heavy atom. The summed E-state index contributed by atoms with van der Waals surface area (Å²) in [6.07, 6.45) is 0. The van der Waals surface area contributed by atoms with Crippen LogP contribution >= 0.6 is 15.9 Å². The molecule has 0 unspecified atom stereocenters. The van der Waals surface area contributed by atoms with Crippen molar-refractivity contribution in [3.63, 3.8) is 0 Å². The Hall–Kier alpha value is -0.645. The maximum absolute atomic E-state index is 13.8. The average Bonchev–Trinajstić information content (AvgIpc) is 2.54. The zero-order valence-electron chi connectivity index (χ0n) is 12.2. The molecular formula is C10H13B5BrF2NO. The fourth-order valence-electron chi connectivity index (χ4n) is 2.95. The molecule has 0 radical (unpaired) electrons. The molecule has 0 bridgehead atoms. The molecule has 1 aliphatic rings. The summed E-state index contributed by atoms with van der Waals surface area (Å²) in [6, 6.07) is 2.17. The Bertz CT molecular complexity index is 572. The third kappa shape index (κ3) is 1.91. The van der Waals surface area contributed by atoms with Gasteiger partial charge in [0.05, 0.1) is 0 Å². The molecule has 10 heteroatoms. The highest BCUT2D eigenvalue weighted by Gasteiger charge is 2.72. The number of halogens is 3. The van der Waals surface area contributed by atoms with Gasteiger partial charge in [-0.2, -0.15) is 0 Å². The lowest BCUT2D eigenvalue weighted by atomic mass is 9.49. The summed E-state index contributed by atoms with van der Waals surface area (Å²) in [7, 11) is 10.0. The van der Waals surface area contributed by atoms with Crippen LogP contribution in [0, 0.1) is 11.6 Å². The Kier molecular flexibility index (Phi) is 3.48. The Balaban J connectivity index is 2.32. The smallest absolute Gasteiger partial charge is 0.257 e. The van der Waals surface area contributed by atoms with Crippen LogP contribution in [0.5, 0.6) is 0 Å². The van der Waals surface area contributed by atoms with Gasteiger partial charge in [0, 0.05) is 4.47 Å². The van der Waals surface area contributed by atoms with Crippen molar-refractivity contribution in [3.8, 4) is 0 Å². The molecule has 0 atom stereocenters. The van der Waals surface area contributed by atoms with Crippen LogP contribution in [0.25, 0.3) is 0 Å². The van der Waals surface area contributed by atoms with Gasteiger partial charge in [-0.1, -0.05) is 26.4 Å². The van der Waals surface area contributed by atoms with E-state index < -0.39 is 28.5 Å². The number of amides is 1. The summed E-state index contributed by atoms with van der Waals surface area (Å²) in [4.78, 5) is 12.2. The molecule has 2 rings (SSSR count). The number of carbonyl (C=O) groups excluding carboxylic acids is 1. The van der Waals surface area contributed by atoms with Gasteiger partial charge in [0.1, 0.15) is 56.4 Å². The Morgan fingerprint density at radius 3 is 1.80 bits per heavy atom. The molecule has 0 aromatic heterocycles. The fourth-order valence-corrected chi connectivity index (χ4v) is 3.36. The standard InChI is InChI=1S/C10H13B5BrF2NO/c11-8(12)9(13,14)10(8,15)19-7(20)6-4(17)1-3(16)2-5(6)18/h1-2H,11-15H2,(H,19,20). The molecule has 2 nitrogen and oxygen atoms in total. The third-order valence-electron chi connectivity index (χ3n) is 5.60. The maximum Gasteiger partial charge on any atom is 0.257 e. The molecule has 1 aromatic rings. The molecule has 100 valence electrons. The number of carbonyl (C=O) groups is 1. The van der Waals surface area contributed by atoms with E-state index in [2.05, 4.69) is 21.2 Å². The van der Waals surface area contributed by atoms with Crippen molar-refractivity contribution in [2.24, 2.45) is 0 Å². The van der Waals surface area contributed by atoms with Crippen LogP contribution < -0.4 is 5.32 Å². The van der Waals surface area contributed by atoms with E-state index in [0.717, 1.165) is 12.1 Å². The van der Waals surface area contributed by atoms with Gasteiger partial charge in [0.25, 0.3) is 5.91 Å². The van der Waals surface area contributed by atoms with Gasteiger partial charge in [0.2, 0.25) is 0 Å². The first kappa shape index (κ1) is 15.7. The topological polar surface area (TPSA) is 29.1 Å². The van der Waals surface area contributed by atoms with E-state index in [-0.39, 0.29) is 14.9 Å². The zero-order chi connectivity index (χ0) is 15.5. The van der Waals surface area contributed by atoms with Crippen LogP contribution in [-0.4, -0.2) is 50.6 Å². The number of hydrogen-bond donors (Lipinski definition) is 1. The highest BCUT2D eigenvalue weighted by molar-refractivity contribution is 9.10. The first-order chi connectivity index (χ1) is 8.95. The minimum Gasteiger partial charge on any atom is -0.356 e. The molecule has 0 heterocycles. The minimum absolute atomic E-state index is 0.141. The monoisotopic (exact) mass is 335 g/mol. The molecule has 1 aliphatic carbocycles. The number of hydrogen-bond acceptors (Lipinski definition) is 1. The van der Waals surface area contributed by atoms with Gasteiger partial charge in [-0.25, -0.2) is 8.78 Å². The SMILES string of the molecule is BC1(B)C(B)(B)C1(B)NC(=O)c1c(F)cc(Br)cc1F. The van der Waals surface area contributed by atoms with Crippen molar-refractivity contribution in [2.45, 2.75) is 15.9 Å². The summed E-state index contributed by atoms with van der Waals surface area (Å²) in [5.41, 5.74) is -1.03. The Morgan fingerprint density at radius 1 is 1.05 bits per heavy atom. The number of nitrogens with one attached hydrogen (secondary N) is 1. The van der Waals surface area contributed by atoms with Crippen LogP contribution in [0.4, 0.5) is 8.78 Å². The minimum atomic E-state index is -0.866. The van der Waals surface area contributed by atoms with E-state index in [9.17, 15) is 13.6 Å². The summed E-state index contributed by atoms with van der Waals surface area (Å²) in [5, 5.41) is 2.51. The van der Waals surface area contributed by atoms with E-state index in [1.807, 2.05) is 39.2 Å². The first-order valence-electron chi connectivity index (χ1n) is 6.43. The van der Waals surface area contributed by atoms with Gasteiger partial charge < -0.3 is 5.32 Å². The predicted octanol–water partition coefficient (Wildman–Crippen LogP) is -2.44. The molecule has 20 heavy (non-hydrogen) atoms. The summed E-state index contributed by atoms with van der Waals surface area (Å²) in [6.45, 7) is 0. The lowest BCUT2D eigenvalue weighted by molar-refractivity contribution is 0.0936. The van der Waals surface area contributed by atoms with Crippen LogP contribution in [0.1, 0.15) is 10.4 Å². The van der Waals surface area contributed by atoms with Crippen LogP contribution in [-0.2, 0) is 0 Å². The molecule has 0 aliphatic heterocycles. The van der Waals surface area contributed by atoms with E-state index in [1.54, 1.807) is 0 Å². The summed E-state index contributed by atoms with van der Waals surface area (Å²) < 4.78 is 27.9. The quantitative estimate of drug-likeness (QED) is 0.599. The van der Waals surface area contributed by atoms with Gasteiger partial charge >= 0.3 is 0 Å². The van der Waals surface area contributed by atoms with Crippen molar-refractivity contribution in [3.05, 3.63) is 33.8 Å². The number of rotatable bonds is 2. The van der Waals surface area contributed by atoms with Crippen LogP contribution in [0.3, 0.4) is 0 Å². The van der Waals surface area contributed by atoms with Gasteiger partial charge in [-0.3, -0.25) is 4.79 Å². The number of benzene rings is 1. The second-order valence-electron chi connectivity index (χ2n) is 6.57. The van der Waals surface area contributed by atoms with Crippen LogP contribution in [0.15, 0.2) is 16.6 Å². The second kappa shape index (κ2) is 4.42. The average molecular weight is 335 g/mol.